The number of alkyl carbamates (subject to hydrolysis) is 1. The molecule has 0 spiro atoms. The molecule has 0 unspecified atom stereocenters. The van der Waals surface area contributed by atoms with Gasteiger partial charge in [0.25, 0.3) is 11.9 Å². The highest BCUT2D eigenvalue weighted by molar-refractivity contribution is 7.91. The molecule has 14 nitrogen and oxygen atoms in total. The fourth-order valence-electron chi connectivity index (χ4n) is 7.61. The molecule has 1 saturated heterocycles. The van der Waals surface area contributed by atoms with Crippen LogP contribution in [0, 0.1) is 5.92 Å². The van der Waals surface area contributed by atoms with Crippen molar-refractivity contribution in [3.63, 3.8) is 0 Å². The topological polar surface area (TPSA) is 178 Å². The van der Waals surface area contributed by atoms with Gasteiger partial charge in [-0.05, 0) is 83.9 Å². The smallest absolute Gasteiger partial charge is 0.408 e. The van der Waals surface area contributed by atoms with Crippen molar-refractivity contribution in [1.82, 2.24) is 29.8 Å². The van der Waals surface area contributed by atoms with E-state index in [9.17, 15) is 27.6 Å². The van der Waals surface area contributed by atoms with E-state index in [1.54, 1.807) is 27.7 Å². The lowest BCUT2D eigenvalue weighted by Crippen LogP contribution is -2.58. The molecule has 4 amide bonds. The standard InChI is InChI=1S/C41H52N6O8S/c1-39(2,3)55-38(51)43-31-19-12-7-5-6-11-17-28-24-41(28,36(50)45-56(52,53)40(4)21-22-40)44-34(48)33-23-29(26-46(33)35(31)49)54-37-42-30-18-13-14-20-32(30)47(37)25-27-15-9-8-10-16-27/h8-11,13-18,20,28-29,31,33H,5-7,12,19,21-26H2,1-4H3,(H,43,51)(H,44,48)(H,45,50)/b17-11-/t28-,29-,31+,33+,41-/m1/s1. The van der Waals surface area contributed by atoms with Crippen LogP contribution in [-0.4, -0.2) is 87.3 Å². The van der Waals surface area contributed by atoms with Gasteiger partial charge in [0.05, 0.1) is 28.9 Å². The molecular weight excluding hydrogens is 737 g/mol. The number of carbonyl (C=O) groups is 4. The molecule has 1 aromatic heterocycles. The molecule has 2 aliphatic heterocycles. The van der Waals surface area contributed by atoms with E-state index >= 15 is 0 Å². The molecule has 3 N–H and O–H groups in total. The molecule has 3 fully saturated rings. The Morgan fingerprint density at radius 3 is 2.48 bits per heavy atom. The number of fused-ring (bicyclic) bond motifs is 3. The van der Waals surface area contributed by atoms with Gasteiger partial charge < -0.3 is 25.0 Å². The number of sulfonamides is 1. The van der Waals surface area contributed by atoms with E-state index in [1.165, 1.54) is 4.90 Å². The quantitative estimate of drug-likeness (QED) is 0.273. The minimum Gasteiger partial charge on any atom is -0.459 e. The minimum absolute atomic E-state index is 0.00672. The first-order valence-corrected chi connectivity index (χ1v) is 21.1. The number of benzene rings is 2. The van der Waals surface area contributed by atoms with Gasteiger partial charge in [0.1, 0.15) is 29.3 Å². The van der Waals surface area contributed by atoms with Crippen LogP contribution in [0.3, 0.4) is 0 Å². The van der Waals surface area contributed by atoms with E-state index in [1.807, 2.05) is 71.3 Å². The third-order valence-corrected chi connectivity index (χ3v) is 13.4. The van der Waals surface area contributed by atoms with Crippen molar-refractivity contribution < 1.29 is 37.1 Å². The first-order chi connectivity index (χ1) is 26.6. The molecule has 300 valence electrons. The van der Waals surface area contributed by atoms with Gasteiger partial charge >= 0.3 is 6.09 Å². The van der Waals surface area contributed by atoms with Crippen molar-refractivity contribution in [1.29, 1.82) is 0 Å². The van der Waals surface area contributed by atoms with E-state index in [0.717, 1.165) is 29.4 Å². The molecule has 7 rings (SSSR count). The van der Waals surface area contributed by atoms with Crippen molar-refractivity contribution in [3.05, 3.63) is 72.3 Å². The average molecular weight is 789 g/mol. The molecule has 15 heteroatoms. The summed E-state index contributed by atoms with van der Waals surface area (Å²) in [6.07, 6.45) is 6.72. The lowest BCUT2D eigenvalue weighted by Gasteiger charge is -2.30. The van der Waals surface area contributed by atoms with E-state index in [4.69, 9.17) is 14.5 Å². The van der Waals surface area contributed by atoms with Crippen LogP contribution in [0.25, 0.3) is 11.0 Å². The van der Waals surface area contributed by atoms with Gasteiger partial charge in [-0.25, -0.2) is 13.2 Å². The van der Waals surface area contributed by atoms with Crippen molar-refractivity contribution in [2.45, 2.75) is 126 Å². The first-order valence-electron chi connectivity index (χ1n) is 19.6. The summed E-state index contributed by atoms with van der Waals surface area (Å²) in [5, 5.41) is 5.68. The molecule has 5 atom stereocenters. The van der Waals surface area contributed by atoms with Crippen molar-refractivity contribution in [2.75, 3.05) is 6.54 Å². The number of para-hydroxylation sites is 2. The Kier molecular flexibility index (Phi) is 10.7. The normalized spacial score (nSPS) is 27.1. The zero-order valence-corrected chi connectivity index (χ0v) is 33.3. The number of imidazole rings is 1. The lowest BCUT2D eigenvalue weighted by atomic mass is 10.0. The number of hydrogen-bond donors (Lipinski definition) is 3. The second-order valence-electron chi connectivity index (χ2n) is 16.9. The van der Waals surface area contributed by atoms with Crippen LogP contribution < -0.4 is 20.1 Å². The summed E-state index contributed by atoms with van der Waals surface area (Å²) in [5.41, 5.74) is 0.277. The van der Waals surface area contributed by atoms with Crippen LogP contribution in [0.1, 0.15) is 91.0 Å². The highest BCUT2D eigenvalue weighted by Gasteiger charge is 2.63. The third-order valence-electron chi connectivity index (χ3n) is 11.2. The summed E-state index contributed by atoms with van der Waals surface area (Å²) >= 11 is 0. The first kappa shape index (κ1) is 39.3. The Hall–Kier alpha value is -4.92. The van der Waals surface area contributed by atoms with Gasteiger partial charge in [0.2, 0.25) is 21.8 Å². The van der Waals surface area contributed by atoms with Crippen molar-refractivity contribution >= 4 is 44.9 Å². The summed E-state index contributed by atoms with van der Waals surface area (Å²) in [7, 11) is -3.99. The largest absolute Gasteiger partial charge is 0.459 e. The number of carbonyl (C=O) groups excluding carboxylic acids is 4. The second kappa shape index (κ2) is 15.2. The number of aromatic nitrogens is 2. The number of rotatable bonds is 8. The summed E-state index contributed by atoms with van der Waals surface area (Å²) in [5.74, 6) is -2.33. The number of hydrogen-bond acceptors (Lipinski definition) is 9. The van der Waals surface area contributed by atoms with Gasteiger partial charge in [-0.3, -0.25) is 23.7 Å². The van der Waals surface area contributed by atoms with Crippen LogP contribution in [0.4, 0.5) is 4.79 Å². The maximum atomic E-state index is 14.6. The van der Waals surface area contributed by atoms with E-state index in [0.29, 0.717) is 44.7 Å². The van der Waals surface area contributed by atoms with Gasteiger partial charge in [-0.1, -0.05) is 67.5 Å². The van der Waals surface area contributed by atoms with Crippen LogP contribution in [0.15, 0.2) is 66.7 Å². The van der Waals surface area contributed by atoms with Crippen LogP contribution >= 0.6 is 0 Å². The molecule has 2 saturated carbocycles. The number of nitrogens with zero attached hydrogens (tertiary/aromatic N) is 3. The molecule has 0 bridgehead atoms. The van der Waals surface area contributed by atoms with Gasteiger partial charge in [-0.2, -0.15) is 4.98 Å². The monoisotopic (exact) mass is 788 g/mol. The van der Waals surface area contributed by atoms with E-state index in [2.05, 4.69) is 15.4 Å². The van der Waals surface area contributed by atoms with Gasteiger partial charge in [0, 0.05) is 12.3 Å². The van der Waals surface area contributed by atoms with E-state index < -0.39 is 73.8 Å². The molecule has 2 aromatic carbocycles. The van der Waals surface area contributed by atoms with Crippen LogP contribution in [-0.2, 0) is 35.7 Å². The summed E-state index contributed by atoms with van der Waals surface area (Å²) in [6, 6.07) is 15.7. The van der Waals surface area contributed by atoms with Crippen molar-refractivity contribution in [3.8, 4) is 6.01 Å². The molecule has 4 aliphatic rings. The molecule has 0 radical (unpaired) electrons. The van der Waals surface area contributed by atoms with Gasteiger partial charge in [0.15, 0.2) is 0 Å². The Morgan fingerprint density at radius 1 is 1.02 bits per heavy atom. The zero-order valence-electron chi connectivity index (χ0n) is 32.5. The molecule has 3 aromatic rings. The fourth-order valence-corrected chi connectivity index (χ4v) is 8.92. The highest BCUT2D eigenvalue weighted by Crippen LogP contribution is 2.47. The van der Waals surface area contributed by atoms with Crippen LogP contribution in [0.5, 0.6) is 6.01 Å². The predicted molar refractivity (Wildman–Crippen MR) is 209 cm³/mol. The Balaban J connectivity index is 1.20. The molecular formula is C41H52N6O8S. The van der Waals surface area contributed by atoms with Crippen LogP contribution in [0.2, 0.25) is 0 Å². The third kappa shape index (κ3) is 8.42. The number of allylic oxidation sites excluding steroid dienone is 1. The maximum Gasteiger partial charge on any atom is 0.408 e. The molecule has 2 aliphatic carbocycles. The van der Waals surface area contributed by atoms with E-state index in [-0.39, 0.29) is 19.4 Å². The summed E-state index contributed by atoms with van der Waals surface area (Å²) < 4.78 is 41.7. The molecule has 3 heterocycles. The number of nitrogens with one attached hydrogen (secondary N) is 3. The predicted octanol–water partition coefficient (Wildman–Crippen LogP) is 4.72. The minimum atomic E-state index is -3.99. The maximum absolute atomic E-state index is 14.6. The van der Waals surface area contributed by atoms with Gasteiger partial charge in [-0.15, -0.1) is 0 Å². The Labute approximate surface area is 327 Å². The number of ether oxygens (including phenoxy) is 2. The fraction of sp³-hybridized carbons (Fsp3) is 0.537. The van der Waals surface area contributed by atoms with Crippen molar-refractivity contribution in [2.24, 2.45) is 5.92 Å². The summed E-state index contributed by atoms with van der Waals surface area (Å²) in [4.78, 5) is 62.3. The summed E-state index contributed by atoms with van der Waals surface area (Å²) in [6.45, 7) is 7.26. The average Bonchev–Trinajstić information content (AvgIpc) is 3.97. The Bertz CT molecular complexity index is 2130. The lowest BCUT2D eigenvalue weighted by molar-refractivity contribution is -0.141. The highest BCUT2D eigenvalue weighted by atomic mass is 32.2. The zero-order chi connectivity index (χ0) is 39.9. The Morgan fingerprint density at radius 2 is 1.75 bits per heavy atom. The SMILES string of the molecule is CC(C)(C)OC(=O)N[C@H]1CCCCC/C=C\[C@@H]2C[C@@]2(C(=O)NS(=O)(=O)C2(C)CC2)NC(=O)[C@@H]2C[C@@H](Oc3nc4ccccc4n3Cc3ccccc3)CN2C1=O. The molecule has 56 heavy (non-hydrogen) atoms. The second-order valence-corrected chi connectivity index (χ2v) is 19.1. The number of amides is 4.